The van der Waals surface area contributed by atoms with Crippen LogP contribution < -0.4 is 14.8 Å². The molecular weight excluding hydrogens is 414 g/mol. The van der Waals surface area contributed by atoms with E-state index < -0.39 is 15.9 Å². The van der Waals surface area contributed by atoms with Gasteiger partial charge in [-0.3, -0.25) is 4.79 Å². The number of anilines is 1. The predicted octanol–water partition coefficient (Wildman–Crippen LogP) is 2.30. The highest BCUT2D eigenvalue weighted by molar-refractivity contribution is 7.89. The first-order valence-corrected chi connectivity index (χ1v) is 11.1. The van der Waals surface area contributed by atoms with Crippen LogP contribution in [0.5, 0.6) is 5.75 Å². The first kappa shape index (κ1) is 19.4. The number of nitrogens with zero attached hydrogens (tertiary/aromatic N) is 3. The number of hydrogen-bond acceptors (Lipinski definition) is 8. The van der Waals surface area contributed by atoms with Crippen LogP contribution in [-0.2, 0) is 10.0 Å². The SMILES string of the molecule is COc1ccc(S(=O)(=O)NC2CC2)cc1NC(=O)c1csc(-c2ncccn2)n1. The number of nitrogens with one attached hydrogen (secondary N) is 2. The summed E-state index contributed by atoms with van der Waals surface area (Å²) in [4.78, 5) is 25.2. The maximum absolute atomic E-state index is 12.6. The predicted molar refractivity (Wildman–Crippen MR) is 107 cm³/mol. The van der Waals surface area contributed by atoms with Gasteiger partial charge in [0.25, 0.3) is 5.91 Å². The van der Waals surface area contributed by atoms with Crippen molar-refractivity contribution in [2.75, 3.05) is 12.4 Å². The van der Waals surface area contributed by atoms with Gasteiger partial charge in [0.15, 0.2) is 10.8 Å². The molecule has 1 fully saturated rings. The molecule has 0 radical (unpaired) electrons. The van der Waals surface area contributed by atoms with E-state index in [9.17, 15) is 13.2 Å². The fourth-order valence-electron chi connectivity index (χ4n) is 2.52. The normalized spacial score (nSPS) is 13.8. The zero-order valence-corrected chi connectivity index (χ0v) is 17.0. The van der Waals surface area contributed by atoms with E-state index in [0.717, 1.165) is 12.8 Å². The van der Waals surface area contributed by atoms with Gasteiger partial charge in [-0.2, -0.15) is 0 Å². The van der Waals surface area contributed by atoms with Gasteiger partial charge in [-0.1, -0.05) is 0 Å². The summed E-state index contributed by atoms with van der Waals surface area (Å²) >= 11 is 1.24. The van der Waals surface area contributed by atoms with Crippen molar-refractivity contribution >= 4 is 33.0 Å². The minimum atomic E-state index is -3.66. The van der Waals surface area contributed by atoms with Crippen molar-refractivity contribution in [1.82, 2.24) is 19.7 Å². The molecule has 0 spiro atoms. The van der Waals surface area contributed by atoms with Crippen molar-refractivity contribution in [3.8, 4) is 16.6 Å². The Morgan fingerprint density at radius 3 is 2.69 bits per heavy atom. The Kier molecular flexibility index (Phi) is 5.26. The summed E-state index contributed by atoms with van der Waals surface area (Å²) in [5.74, 6) is 0.269. The molecule has 1 saturated carbocycles. The minimum absolute atomic E-state index is 0.0197. The quantitative estimate of drug-likeness (QED) is 0.588. The highest BCUT2D eigenvalue weighted by Gasteiger charge is 2.28. The standard InChI is InChI=1S/C18H17N5O4S2/c1-27-15-6-5-12(29(25,26)23-11-3-4-11)9-13(15)21-17(24)14-10-28-18(22-14)16-19-7-2-8-20-16/h2,5-11,23H,3-4H2,1H3,(H,21,24). The lowest BCUT2D eigenvalue weighted by atomic mass is 10.3. The van der Waals surface area contributed by atoms with Gasteiger partial charge >= 0.3 is 0 Å². The Morgan fingerprint density at radius 2 is 2.00 bits per heavy atom. The summed E-state index contributed by atoms with van der Waals surface area (Å²) in [6, 6.07) is 5.98. The monoisotopic (exact) mass is 431 g/mol. The van der Waals surface area contributed by atoms with Crippen molar-refractivity contribution in [3.05, 3.63) is 47.7 Å². The number of rotatable bonds is 7. The molecule has 0 atom stereocenters. The number of amides is 1. The number of thiazole rings is 1. The van der Waals surface area contributed by atoms with E-state index in [1.54, 1.807) is 23.8 Å². The summed E-state index contributed by atoms with van der Waals surface area (Å²) < 4.78 is 32.8. The van der Waals surface area contributed by atoms with Crippen molar-refractivity contribution in [2.45, 2.75) is 23.8 Å². The topological polar surface area (TPSA) is 123 Å². The Morgan fingerprint density at radius 1 is 1.24 bits per heavy atom. The molecule has 0 aliphatic heterocycles. The summed E-state index contributed by atoms with van der Waals surface area (Å²) in [6.07, 6.45) is 4.85. The van der Waals surface area contributed by atoms with Gasteiger partial charge in [0.1, 0.15) is 11.4 Å². The summed E-state index contributed by atoms with van der Waals surface area (Å²) in [6.45, 7) is 0. The fraction of sp³-hybridized carbons (Fsp3) is 0.222. The number of ether oxygens (including phenoxy) is 1. The number of carbonyl (C=O) groups is 1. The van der Waals surface area contributed by atoms with Crippen LogP contribution in [0.15, 0.2) is 46.9 Å². The highest BCUT2D eigenvalue weighted by atomic mass is 32.2. The molecule has 0 bridgehead atoms. The molecule has 3 aromatic rings. The van der Waals surface area contributed by atoms with Crippen LogP contribution >= 0.6 is 11.3 Å². The van der Waals surface area contributed by atoms with Crippen LogP contribution in [0, 0.1) is 0 Å². The lowest BCUT2D eigenvalue weighted by molar-refractivity contribution is 0.102. The Balaban J connectivity index is 1.57. The second kappa shape index (κ2) is 7.85. The fourth-order valence-corrected chi connectivity index (χ4v) is 4.59. The minimum Gasteiger partial charge on any atom is -0.495 e. The van der Waals surface area contributed by atoms with Gasteiger partial charge in [0.2, 0.25) is 10.0 Å². The molecule has 2 aromatic heterocycles. The molecule has 29 heavy (non-hydrogen) atoms. The van der Waals surface area contributed by atoms with E-state index in [1.807, 2.05) is 0 Å². The number of benzene rings is 1. The number of hydrogen-bond donors (Lipinski definition) is 2. The van der Waals surface area contributed by atoms with Crippen molar-refractivity contribution in [1.29, 1.82) is 0 Å². The zero-order valence-electron chi connectivity index (χ0n) is 15.3. The van der Waals surface area contributed by atoms with Crippen LogP contribution in [0.1, 0.15) is 23.3 Å². The third-order valence-electron chi connectivity index (χ3n) is 4.12. The lowest BCUT2D eigenvalue weighted by Gasteiger charge is -2.12. The first-order valence-electron chi connectivity index (χ1n) is 8.71. The highest BCUT2D eigenvalue weighted by Crippen LogP contribution is 2.30. The van der Waals surface area contributed by atoms with Gasteiger partial charge < -0.3 is 10.1 Å². The molecule has 4 rings (SSSR count). The third kappa shape index (κ3) is 4.42. The summed E-state index contributed by atoms with van der Waals surface area (Å²) in [5.41, 5.74) is 0.408. The maximum atomic E-state index is 12.6. The van der Waals surface area contributed by atoms with Gasteiger partial charge in [-0.15, -0.1) is 11.3 Å². The molecular formula is C18H17N5O4S2. The van der Waals surface area contributed by atoms with Gasteiger partial charge in [-0.25, -0.2) is 28.1 Å². The Labute approximate surface area is 171 Å². The van der Waals surface area contributed by atoms with Crippen LogP contribution in [-0.4, -0.2) is 42.4 Å². The maximum Gasteiger partial charge on any atom is 0.275 e. The van der Waals surface area contributed by atoms with Crippen LogP contribution in [0.3, 0.4) is 0 Å². The summed E-state index contributed by atoms with van der Waals surface area (Å²) in [7, 11) is -2.22. The number of sulfonamides is 1. The van der Waals surface area contributed by atoms with Gasteiger partial charge in [-0.05, 0) is 37.1 Å². The van der Waals surface area contributed by atoms with Crippen LogP contribution in [0.4, 0.5) is 5.69 Å². The van der Waals surface area contributed by atoms with E-state index in [2.05, 4.69) is 25.0 Å². The molecule has 9 nitrogen and oxygen atoms in total. The molecule has 11 heteroatoms. The van der Waals surface area contributed by atoms with E-state index in [1.165, 1.54) is 36.6 Å². The number of methoxy groups -OCH3 is 1. The molecule has 0 unspecified atom stereocenters. The lowest BCUT2D eigenvalue weighted by Crippen LogP contribution is -2.26. The van der Waals surface area contributed by atoms with E-state index >= 15 is 0 Å². The molecule has 0 saturated heterocycles. The molecule has 1 aromatic carbocycles. The van der Waals surface area contributed by atoms with Crippen LogP contribution in [0.25, 0.3) is 10.8 Å². The largest absolute Gasteiger partial charge is 0.495 e. The average molecular weight is 431 g/mol. The molecule has 2 heterocycles. The number of aromatic nitrogens is 3. The first-order chi connectivity index (χ1) is 14.0. The Bertz CT molecular complexity index is 1140. The molecule has 2 N–H and O–H groups in total. The third-order valence-corrected chi connectivity index (χ3v) is 6.48. The Hall–Kier alpha value is -2.89. The van der Waals surface area contributed by atoms with Crippen molar-refractivity contribution in [3.63, 3.8) is 0 Å². The smallest absolute Gasteiger partial charge is 0.275 e. The molecule has 1 amide bonds. The van der Waals surface area contributed by atoms with Crippen molar-refractivity contribution < 1.29 is 17.9 Å². The second-order valence-corrected chi connectivity index (χ2v) is 8.89. The second-order valence-electron chi connectivity index (χ2n) is 6.32. The zero-order chi connectivity index (χ0) is 20.4. The number of carbonyl (C=O) groups excluding carboxylic acids is 1. The van der Waals surface area contributed by atoms with E-state index in [-0.39, 0.29) is 22.3 Å². The molecule has 1 aliphatic rings. The average Bonchev–Trinajstić information content (AvgIpc) is 3.38. The summed E-state index contributed by atoms with van der Waals surface area (Å²) in [5, 5.41) is 4.76. The van der Waals surface area contributed by atoms with E-state index in [0.29, 0.717) is 16.6 Å². The molecule has 150 valence electrons. The van der Waals surface area contributed by atoms with Crippen LogP contribution in [0.2, 0.25) is 0 Å². The van der Waals surface area contributed by atoms with Crippen molar-refractivity contribution in [2.24, 2.45) is 0 Å². The molecule has 1 aliphatic carbocycles. The van der Waals surface area contributed by atoms with E-state index in [4.69, 9.17) is 4.74 Å². The van der Waals surface area contributed by atoms with Gasteiger partial charge in [0.05, 0.1) is 17.7 Å². The van der Waals surface area contributed by atoms with Gasteiger partial charge in [0, 0.05) is 23.8 Å².